The highest BCUT2D eigenvalue weighted by atomic mass is 16.7. The quantitative estimate of drug-likeness (QED) is 0.417. The Labute approximate surface area is 151 Å². The van der Waals surface area contributed by atoms with Gasteiger partial charge in [-0.05, 0) is 29.7 Å². The van der Waals surface area contributed by atoms with Gasteiger partial charge in [0.05, 0.1) is 11.5 Å². The Morgan fingerprint density at radius 2 is 1.73 bits per heavy atom. The fourth-order valence-corrected chi connectivity index (χ4v) is 2.61. The predicted molar refractivity (Wildman–Crippen MR) is 95.6 cm³/mol. The summed E-state index contributed by atoms with van der Waals surface area (Å²) in [4.78, 5) is 34.5. The Bertz CT molecular complexity index is 777. The number of esters is 2. The Morgan fingerprint density at radius 3 is 2.50 bits per heavy atom. The topological polar surface area (TPSA) is 89.9 Å². The number of rotatable bonds is 9. The molecule has 0 fully saturated rings. The maximum Gasteiger partial charge on any atom is 0.341 e. The maximum absolute atomic E-state index is 12.2. The van der Waals surface area contributed by atoms with Crippen LogP contribution in [0, 0.1) is 5.92 Å². The average molecular weight is 358 g/mol. The zero-order valence-electron chi connectivity index (χ0n) is 14.6. The number of hydrogen-bond acceptors (Lipinski definition) is 5. The first kappa shape index (κ1) is 19.4. The van der Waals surface area contributed by atoms with Gasteiger partial charge in [-0.15, -0.1) is 0 Å². The summed E-state index contributed by atoms with van der Waals surface area (Å²) in [7, 11) is 0. The van der Waals surface area contributed by atoms with Crippen LogP contribution in [0.5, 0.6) is 0 Å². The van der Waals surface area contributed by atoms with Gasteiger partial charge in [0.2, 0.25) is 6.79 Å². The second kappa shape index (κ2) is 9.56. The Kier molecular flexibility index (Phi) is 7.14. The van der Waals surface area contributed by atoms with Gasteiger partial charge < -0.3 is 14.6 Å². The molecule has 2 aromatic rings. The Hall–Kier alpha value is -2.89. The van der Waals surface area contributed by atoms with Gasteiger partial charge in [0, 0.05) is 6.42 Å². The molecule has 138 valence electrons. The first-order valence-electron chi connectivity index (χ1n) is 8.52. The number of carbonyl (C=O) groups is 3. The molecule has 0 aromatic heterocycles. The van der Waals surface area contributed by atoms with Gasteiger partial charge in [-0.25, -0.2) is 4.79 Å². The van der Waals surface area contributed by atoms with Crippen molar-refractivity contribution in [1.29, 1.82) is 0 Å². The highest BCUT2D eigenvalue weighted by Gasteiger charge is 2.16. The third-order valence-electron chi connectivity index (χ3n) is 4.08. The van der Waals surface area contributed by atoms with E-state index in [4.69, 9.17) is 14.6 Å². The SMILES string of the molecule is CC(CCCCC(=O)O)C(=O)OCOC(=O)c1cccc2ccccc12. The van der Waals surface area contributed by atoms with E-state index < -0.39 is 24.7 Å². The molecule has 0 aliphatic carbocycles. The molecule has 1 atom stereocenters. The fraction of sp³-hybridized carbons (Fsp3) is 0.350. The van der Waals surface area contributed by atoms with Gasteiger partial charge in [-0.1, -0.05) is 49.7 Å². The lowest BCUT2D eigenvalue weighted by Crippen LogP contribution is -2.18. The van der Waals surface area contributed by atoms with Crippen LogP contribution in [-0.2, 0) is 19.1 Å². The molecule has 0 radical (unpaired) electrons. The van der Waals surface area contributed by atoms with E-state index in [1.807, 2.05) is 30.3 Å². The van der Waals surface area contributed by atoms with Crippen LogP contribution in [0.15, 0.2) is 42.5 Å². The molecule has 0 saturated carbocycles. The number of carboxylic acids is 1. The lowest BCUT2D eigenvalue weighted by Gasteiger charge is -2.12. The highest BCUT2D eigenvalue weighted by molar-refractivity contribution is 6.04. The van der Waals surface area contributed by atoms with Crippen molar-refractivity contribution in [2.24, 2.45) is 5.92 Å². The summed E-state index contributed by atoms with van der Waals surface area (Å²) in [6.45, 7) is 1.26. The van der Waals surface area contributed by atoms with Crippen LogP contribution in [0.1, 0.15) is 43.0 Å². The molecule has 0 aliphatic rings. The maximum atomic E-state index is 12.2. The molecule has 0 amide bonds. The summed E-state index contributed by atoms with van der Waals surface area (Å²) < 4.78 is 10.0. The lowest BCUT2D eigenvalue weighted by atomic mass is 10.0. The zero-order chi connectivity index (χ0) is 18.9. The molecular formula is C20H22O6. The highest BCUT2D eigenvalue weighted by Crippen LogP contribution is 2.19. The summed E-state index contributed by atoms with van der Waals surface area (Å²) in [5.41, 5.74) is 0.417. The normalized spacial score (nSPS) is 11.7. The molecule has 2 aromatic carbocycles. The first-order chi connectivity index (χ1) is 12.5. The Morgan fingerprint density at radius 1 is 1.00 bits per heavy atom. The number of unbranched alkanes of at least 4 members (excludes halogenated alkanes) is 1. The van der Waals surface area contributed by atoms with Crippen molar-refractivity contribution in [2.75, 3.05) is 6.79 Å². The van der Waals surface area contributed by atoms with Crippen molar-refractivity contribution in [3.05, 3.63) is 48.0 Å². The number of ether oxygens (including phenoxy) is 2. The molecule has 0 bridgehead atoms. The first-order valence-corrected chi connectivity index (χ1v) is 8.52. The van der Waals surface area contributed by atoms with Crippen molar-refractivity contribution >= 4 is 28.7 Å². The van der Waals surface area contributed by atoms with Gasteiger partial charge in [-0.2, -0.15) is 0 Å². The van der Waals surface area contributed by atoms with Crippen molar-refractivity contribution in [3.63, 3.8) is 0 Å². The van der Waals surface area contributed by atoms with Crippen molar-refractivity contribution in [1.82, 2.24) is 0 Å². The Balaban J connectivity index is 1.78. The van der Waals surface area contributed by atoms with Gasteiger partial charge in [0.1, 0.15) is 0 Å². The van der Waals surface area contributed by atoms with E-state index in [9.17, 15) is 14.4 Å². The largest absolute Gasteiger partial charge is 0.481 e. The standard InChI is InChI=1S/C20H22O6/c1-14(7-2-5-12-18(21)22)19(23)25-13-26-20(24)17-11-6-9-15-8-3-4-10-16(15)17/h3-4,6,8-11,14H,2,5,7,12-13H2,1H3,(H,21,22). The molecule has 0 saturated heterocycles. The molecule has 2 rings (SSSR count). The minimum atomic E-state index is -0.847. The van der Waals surface area contributed by atoms with E-state index in [0.29, 0.717) is 24.8 Å². The summed E-state index contributed by atoms with van der Waals surface area (Å²) in [6, 6.07) is 12.8. The average Bonchev–Trinajstić information content (AvgIpc) is 2.64. The van der Waals surface area contributed by atoms with Crippen molar-refractivity contribution in [2.45, 2.75) is 32.6 Å². The second-order valence-corrected chi connectivity index (χ2v) is 6.08. The second-order valence-electron chi connectivity index (χ2n) is 6.08. The molecule has 26 heavy (non-hydrogen) atoms. The number of fused-ring (bicyclic) bond motifs is 1. The third-order valence-corrected chi connectivity index (χ3v) is 4.08. The van der Waals surface area contributed by atoms with Crippen LogP contribution >= 0.6 is 0 Å². The minimum Gasteiger partial charge on any atom is -0.481 e. The van der Waals surface area contributed by atoms with E-state index in [0.717, 1.165) is 10.8 Å². The molecule has 0 heterocycles. The summed E-state index contributed by atoms with van der Waals surface area (Å²) in [5, 5.41) is 10.3. The van der Waals surface area contributed by atoms with E-state index in [1.165, 1.54) is 0 Å². The van der Waals surface area contributed by atoms with E-state index in [1.54, 1.807) is 19.1 Å². The number of benzene rings is 2. The number of carbonyl (C=O) groups excluding carboxylic acids is 2. The zero-order valence-corrected chi connectivity index (χ0v) is 14.6. The van der Waals surface area contributed by atoms with Crippen molar-refractivity contribution < 1.29 is 29.0 Å². The minimum absolute atomic E-state index is 0.0877. The molecule has 6 heteroatoms. The van der Waals surface area contributed by atoms with E-state index in [-0.39, 0.29) is 12.3 Å². The van der Waals surface area contributed by atoms with Crippen LogP contribution < -0.4 is 0 Å². The van der Waals surface area contributed by atoms with Gasteiger partial charge in [0.15, 0.2) is 0 Å². The third kappa shape index (κ3) is 5.58. The number of aliphatic carboxylic acids is 1. The van der Waals surface area contributed by atoms with Crippen LogP contribution in [0.25, 0.3) is 10.8 Å². The van der Waals surface area contributed by atoms with Crippen LogP contribution in [0.2, 0.25) is 0 Å². The summed E-state index contributed by atoms with van der Waals surface area (Å²) >= 11 is 0. The van der Waals surface area contributed by atoms with E-state index >= 15 is 0 Å². The number of carboxylic acid groups (broad SMARTS) is 1. The summed E-state index contributed by atoms with van der Waals surface area (Å²) in [5.74, 6) is -2.24. The molecule has 0 aliphatic heterocycles. The van der Waals surface area contributed by atoms with Crippen LogP contribution in [0.4, 0.5) is 0 Å². The van der Waals surface area contributed by atoms with Crippen LogP contribution in [-0.4, -0.2) is 29.8 Å². The molecule has 1 unspecified atom stereocenters. The van der Waals surface area contributed by atoms with Gasteiger partial charge in [-0.3, -0.25) is 9.59 Å². The number of hydrogen-bond donors (Lipinski definition) is 1. The van der Waals surface area contributed by atoms with Gasteiger partial charge >= 0.3 is 17.9 Å². The van der Waals surface area contributed by atoms with Crippen LogP contribution in [0.3, 0.4) is 0 Å². The molecular weight excluding hydrogens is 336 g/mol. The molecule has 0 spiro atoms. The summed E-state index contributed by atoms with van der Waals surface area (Å²) in [6.07, 6.45) is 1.76. The smallest absolute Gasteiger partial charge is 0.341 e. The lowest BCUT2D eigenvalue weighted by molar-refractivity contribution is -0.156. The van der Waals surface area contributed by atoms with Gasteiger partial charge in [0.25, 0.3) is 0 Å². The van der Waals surface area contributed by atoms with E-state index in [2.05, 4.69) is 0 Å². The molecule has 1 N–H and O–H groups in total. The fourth-order valence-electron chi connectivity index (χ4n) is 2.61. The monoisotopic (exact) mass is 358 g/mol. The molecule has 6 nitrogen and oxygen atoms in total. The van der Waals surface area contributed by atoms with Crippen molar-refractivity contribution in [3.8, 4) is 0 Å². The predicted octanol–water partition coefficient (Wildman–Crippen LogP) is 3.78.